The number of nitrogens with zero attached hydrogens (tertiary/aromatic N) is 1. The van der Waals surface area contributed by atoms with Crippen LogP contribution in [0, 0.1) is 6.92 Å². The predicted molar refractivity (Wildman–Crippen MR) is 120 cm³/mol. The Bertz CT molecular complexity index is 1100. The van der Waals surface area contributed by atoms with Crippen LogP contribution in [0.5, 0.6) is 0 Å². The molecule has 176 valence electrons. The standard InChI is InChI=1S/C23H21Cl2F3N2O3/c1-3-4-7-29-21(32)20(31)18-6-5-14(8-13(18)2)19-12-22(33-30-19,23(26,27)28)15-9-16(24)11-17(25)10-15/h5-6,8-11H,3-4,7,12H2,1-2H3,(H,29,32). The van der Waals surface area contributed by atoms with E-state index in [1.807, 2.05) is 6.92 Å². The summed E-state index contributed by atoms with van der Waals surface area (Å²) >= 11 is 11.8. The molecule has 0 aromatic heterocycles. The van der Waals surface area contributed by atoms with Crippen molar-refractivity contribution in [3.8, 4) is 0 Å². The first-order valence-corrected chi connectivity index (χ1v) is 11.0. The quantitative estimate of drug-likeness (QED) is 0.288. The molecule has 1 unspecified atom stereocenters. The summed E-state index contributed by atoms with van der Waals surface area (Å²) in [5.74, 6) is -1.44. The number of benzene rings is 2. The van der Waals surface area contributed by atoms with E-state index in [-0.39, 0.29) is 26.9 Å². The van der Waals surface area contributed by atoms with Crippen LogP contribution in [-0.4, -0.2) is 30.1 Å². The van der Waals surface area contributed by atoms with Gasteiger partial charge < -0.3 is 10.2 Å². The Labute approximate surface area is 198 Å². The first-order valence-electron chi connectivity index (χ1n) is 10.2. The van der Waals surface area contributed by atoms with Gasteiger partial charge in [-0.1, -0.05) is 47.8 Å². The van der Waals surface area contributed by atoms with E-state index < -0.39 is 29.9 Å². The third kappa shape index (κ3) is 5.17. The van der Waals surface area contributed by atoms with Crippen LogP contribution < -0.4 is 5.32 Å². The normalized spacial score (nSPS) is 18.0. The van der Waals surface area contributed by atoms with Crippen LogP contribution in [-0.2, 0) is 15.2 Å². The number of halogens is 5. The Morgan fingerprint density at radius 2 is 1.82 bits per heavy atom. The maximum absolute atomic E-state index is 14.1. The zero-order chi connectivity index (χ0) is 24.4. The van der Waals surface area contributed by atoms with Crippen molar-refractivity contribution in [2.45, 2.75) is 44.9 Å². The highest BCUT2D eigenvalue weighted by Crippen LogP contribution is 2.49. The zero-order valence-corrected chi connectivity index (χ0v) is 19.4. The lowest BCUT2D eigenvalue weighted by atomic mass is 9.86. The van der Waals surface area contributed by atoms with E-state index in [0.717, 1.165) is 25.0 Å². The molecular formula is C23H21Cl2F3N2O3. The second kappa shape index (κ2) is 9.73. The average molecular weight is 501 g/mol. The number of hydrogen-bond donors (Lipinski definition) is 1. The van der Waals surface area contributed by atoms with Crippen LogP contribution in [0.25, 0.3) is 0 Å². The minimum atomic E-state index is -4.81. The summed E-state index contributed by atoms with van der Waals surface area (Å²) in [5.41, 5.74) is -2.04. The van der Waals surface area contributed by atoms with Crippen molar-refractivity contribution in [3.63, 3.8) is 0 Å². The number of carbonyl (C=O) groups excluding carboxylic acids is 2. The summed E-state index contributed by atoms with van der Waals surface area (Å²) < 4.78 is 42.4. The number of oxime groups is 1. The summed E-state index contributed by atoms with van der Waals surface area (Å²) in [6, 6.07) is 7.96. The molecule has 3 rings (SSSR count). The van der Waals surface area contributed by atoms with Gasteiger partial charge in [-0.25, -0.2) is 0 Å². The van der Waals surface area contributed by atoms with E-state index in [0.29, 0.717) is 17.7 Å². The molecule has 1 aliphatic rings. The number of alkyl halides is 3. The molecule has 10 heteroatoms. The molecule has 1 atom stereocenters. The van der Waals surface area contributed by atoms with Crippen LogP contribution in [0.1, 0.15) is 53.2 Å². The molecule has 0 fully saturated rings. The van der Waals surface area contributed by atoms with Crippen molar-refractivity contribution < 1.29 is 27.6 Å². The average Bonchev–Trinajstić information content (AvgIpc) is 3.19. The van der Waals surface area contributed by atoms with Crippen molar-refractivity contribution in [1.82, 2.24) is 5.32 Å². The van der Waals surface area contributed by atoms with E-state index in [4.69, 9.17) is 28.0 Å². The van der Waals surface area contributed by atoms with Gasteiger partial charge in [-0.2, -0.15) is 13.2 Å². The molecular weight excluding hydrogens is 480 g/mol. The van der Waals surface area contributed by atoms with E-state index in [9.17, 15) is 22.8 Å². The molecule has 0 radical (unpaired) electrons. The number of ketones is 1. The summed E-state index contributed by atoms with van der Waals surface area (Å²) in [7, 11) is 0. The van der Waals surface area contributed by atoms with Gasteiger partial charge in [0.25, 0.3) is 11.5 Å². The maximum atomic E-state index is 14.1. The molecule has 0 saturated heterocycles. The molecule has 1 amide bonds. The van der Waals surface area contributed by atoms with Crippen molar-refractivity contribution >= 4 is 40.6 Å². The van der Waals surface area contributed by atoms with Gasteiger partial charge in [0.2, 0.25) is 5.78 Å². The van der Waals surface area contributed by atoms with Crippen LogP contribution in [0.4, 0.5) is 13.2 Å². The van der Waals surface area contributed by atoms with Crippen LogP contribution >= 0.6 is 23.2 Å². The molecule has 1 N–H and O–H groups in total. The molecule has 0 aliphatic carbocycles. The van der Waals surface area contributed by atoms with E-state index in [1.54, 1.807) is 6.92 Å². The predicted octanol–water partition coefficient (Wildman–Crippen LogP) is 5.98. The fraction of sp³-hybridized carbons (Fsp3) is 0.348. The number of Topliss-reactive ketones (excluding diaryl/α,β-unsaturated/α-hetero) is 1. The summed E-state index contributed by atoms with van der Waals surface area (Å²) in [4.78, 5) is 29.5. The minimum absolute atomic E-state index is 0.0362. The third-order valence-electron chi connectivity index (χ3n) is 5.34. The van der Waals surface area contributed by atoms with Gasteiger partial charge >= 0.3 is 6.18 Å². The van der Waals surface area contributed by atoms with Crippen molar-refractivity contribution in [3.05, 3.63) is 68.7 Å². The second-order valence-electron chi connectivity index (χ2n) is 7.76. The van der Waals surface area contributed by atoms with Crippen LogP contribution in [0.15, 0.2) is 41.6 Å². The van der Waals surface area contributed by atoms with Crippen LogP contribution in [0.3, 0.4) is 0 Å². The summed E-state index contributed by atoms with van der Waals surface area (Å²) in [6.07, 6.45) is -3.81. The van der Waals surface area contributed by atoms with Gasteiger partial charge in [0.1, 0.15) is 0 Å². The van der Waals surface area contributed by atoms with Gasteiger partial charge in [-0.05, 0) is 54.8 Å². The highest BCUT2D eigenvalue weighted by atomic mass is 35.5. The monoisotopic (exact) mass is 500 g/mol. The van der Waals surface area contributed by atoms with Crippen molar-refractivity contribution in [2.75, 3.05) is 6.54 Å². The Kier molecular flexibility index (Phi) is 7.39. The number of rotatable bonds is 7. The lowest BCUT2D eigenvalue weighted by Crippen LogP contribution is -2.42. The van der Waals surface area contributed by atoms with Gasteiger partial charge in [0.15, 0.2) is 0 Å². The Morgan fingerprint density at radius 3 is 2.39 bits per heavy atom. The molecule has 1 aliphatic heterocycles. The maximum Gasteiger partial charge on any atom is 0.435 e. The van der Waals surface area contributed by atoms with E-state index >= 15 is 0 Å². The fourth-order valence-electron chi connectivity index (χ4n) is 3.52. The highest BCUT2D eigenvalue weighted by molar-refractivity contribution is 6.43. The number of nitrogens with one attached hydrogen (secondary N) is 1. The molecule has 1 heterocycles. The summed E-state index contributed by atoms with van der Waals surface area (Å²) in [5, 5.41) is 6.34. The smallest absolute Gasteiger partial charge is 0.374 e. The zero-order valence-electron chi connectivity index (χ0n) is 17.9. The SMILES string of the molecule is CCCCNC(=O)C(=O)c1ccc(C2=NOC(c3cc(Cl)cc(Cl)c3)(C(F)(F)F)C2)cc1C. The first kappa shape index (κ1) is 25.1. The molecule has 33 heavy (non-hydrogen) atoms. The van der Waals surface area contributed by atoms with Gasteiger partial charge in [0.05, 0.1) is 5.71 Å². The Balaban J connectivity index is 1.87. The van der Waals surface area contributed by atoms with Crippen molar-refractivity contribution in [1.29, 1.82) is 0 Å². The lowest BCUT2D eigenvalue weighted by molar-refractivity contribution is -0.275. The first-order chi connectivity index (χ1) is 15.5. The second-order valence-corrected chi connectivity index (χ2v) is 8.63. The number of aryl methyl sites for hydroxylation is 1. The van der Waals surface area contributed by atoms with Gasteiger partial charge in [-0.3, -0.25) is 9.59 Å². The molecule has 2 aromatic carbocycles. The fourth-order valence-corrected chi connectivity index (χ4v) is 4.05. The third-order valence-corrected chi connectivity index (χ3v) is 5.78. The number of hydrogen-bond acceptors (Lipinski definition) is 4. The van der Waals surface area contributed by atoms with Gasteiger partial charge in [-0.15, -0.1) is 0 Å². The van der Waals surface area contributed by atoms with Gasteiger partial charge in [0, 0.05) is 34.1 Å². The largest absolute Gasteiger partial charge is 0.435 e. The Hall–Kier alpha value is -2.58. The van der Waals surface area contributed by atoms with Crippen molar-refractivity contribution in [2.24, 2.45) is 5.16 Å². The topological polar surface area (TPSA) is 67.8 Å². The lowest BCUT2D eigenvalue weighted by Gasteiger charge is -2.29. The number of unbranched alkanes of at least 4 members (excludes halogenated alkanes) is 1. The number of amides is 1. The highest BCUT2D eigenvalue weighted by Gasteiger charge is 2.62. The Morgan fingerprint density at radius 1 is 1.15 bits per heavy atom. The van der Waals surface area contributed by atoms with E-state index in [1.165, 1.54) is 24.3 Å². The van der Waals surface area contributed by atoms with E-state index in [2.05, 4.69) is 10.5 Å². The minimum Gasteiger partial charge on any atom is -0.374 e. The molecule has 2 aromatic rings. The molecule has 0 bridgehead atoms. The molecule has 5 nitrogen and oxygen atoms in total. The molecule has 0 saturated carbocycles. The summed E-state index contributed by atoms with van der Waals surface area (Å²) in [6.45, 7) is 3.94. The number of carbonyl (C=O) groups is 2. The van der Waals surface area contributed by atoms with Crippen LogP contribution in [0.2, 0.25) is 10.0 Å². The molecule has 0 spiro atoms.